The second kappa shape index (κ2) is 2.05. The van der Waals surface area contributed by atoms with Gasteiger partial charge in [0.1, 0.15) is 0 Å². The predicted molar refractivity (Wildman–Crippen MR) is 32.7 cm³/mol. The molecule has 0 aliphatic carbocycles. The van der Waals surface area contributed by atoms with Crippen molar-refractivity contribution in [3.8, 4) is 0 Å². The average Bonchev–Trinajstić information content (AvgIpc) is 2.22. The Kier molecular flexibility index (Phi) is 1.60. The Hall–Kier alpha value is 0.310. The third kappa shape index (κ3) is 1.35. The van der Waals surface area contributed by atoms with Crippen molar-refractivity contribution in [3.63, 3.8) is 0 Å². The molecule has 1 heterocycles. The predicted octanol–water partition coefficient (Wildman–Crippen LogP) is 1.14. The maximum absolute atomic E-state index is 5.14. The summed E-state index contributed by atoms with van der Waals surface area (Å²) in [5.74, 6) is 1.17. The van der Waals surface area contributed by atoms with Crippen LogP contribution in [0.3, 0.4) is 0 Å². The maximum atomic E-state index is 5.14. The molecule has 0 saturated carbocycles. The SMILES string of the molecule is CSCC1OC1C. The normalized spacial score (nSPS) is 38.6. The minimum Gasteiger partial charge on any atom is -0.369 e. The van der Waals surface area contributed by atoms with Crippen LogP contribution in [-0.4, -0.2) is 24.2 Å². The molecule has 1 saturated heterocycles. The van der Waals surface area contributed by atoms with Gasteiger partial charge < -0.3 is 4.74 Å². The zero-order valence-electron chi connectivity index (χ0n) is 4.68. The molecule has 1 aliphatic rings. The summed E-state index contributed by atoms with van der Waals surface area (Å²) in [5.41, 5.74) is 0. The van der Waals surface area contributed by atoms with E-state index in [0.29, 0.717) is 12.2 Å². The van der Waals surface area contributed by atoms with Crippen LogP contribution in [0.1, 0.15) is 6.92 Å². The van der Waals surface area contributed by atoms with Crippen LogP contribution >= 0.6 is 11.8 Å². The molecule has 0 aromatic carbocycles. The monoisotopic (exact) mass is 118 g/mol. The van der Waals surface area contributed by atoms with Gasteiger partial charge in [0.25, 0.3) is 0 Å². The minimum atomic E-state index is 0.549. The molecule has 7 heavy (non-hydrogen) atoms. The molecule has 2 atom stereocenters. The lowest BCUT2D eigenvalue weighted by molar-refractivity contribution is 0.391. The van der Waals surface area contributed by atoms with Crippen molar-refractivity contribution in [2.24, 2.45) is 0 Å². The lowest BCUT2D eigenvalue weighted by Gasteiger charge is -1.82. The van der Waals surface area contributed by atoms with E-state index < -0.39 is 0 Å². The van der Waals surface area contributed by atoms with Gasteiger partial charge in [0.15, 0.2) is 0 Å². The number of ether oxygens (including phenoxy) is 1. The van der Waals surface area contributed by atoms with Gasteiger partial charge in [-0.15, -0.1) is 0 Å². The summed E-state index contributed by atoms with van der Waals surface area (Å²) in [6.45, 7) is 2.11. The highest BCUT2D eigenvalue weighted by Crippen LogP contribution is 2.23. The molecule has 0 N–H and O–H groups in total. The molecule has 0 aromatic rings. The Morgan fingerprint density at radius 3 is 2.43 bits per heavy atom. The van der Waals surface area contributed by atoms with E-state index in [4.69, 9.17) is 4.74 Å². The standard InChI is InChI=1S/C5H10OS/c1-4-5(6-4)3-7-2/h4-5H,3H2,1-2H3. The zero-order valence-corrected chi connectivity index (χ0v) is 5.49. The fraction of sp³-hybridized carbons (Fsp3) is 1.00. The summed E-state index contributed by atoms with van der Waals surface area (Å²) in [4.78, 5) is 0. The summed E-state index contributed by atoms with van der Waals surface area (Å²) in [7, 11) is 0. The summed E-state index contributed by atoms with van der Waals surface area (Å²) in [6.07, 6.45) is 3.23. The van der Waals surface area contributed by atoms with E-state index in [1.165, 1.54) is 5.75 Å². The summed E-state index contributed by atoms with van der Waals surface area (Å²) in [6, 6.07) is 0. The van der Waals surface area contributed by atoms with Crippen molar-refractivity contribution in [3.05, 3.63) is 0 Å². The molecule has 0 bridgehead atoms. The van der Waals surface area contributed by atoms with Gasteiger partial charge >= 0.3 is 0 Å². The highest BCUT2D eigenvalue weighted by Gasteiger charge is 2.32. The number of hydrogen-bond donors (Lipinski definition) is 0. The van der Waals surface area contributed by atoms with Gasteiger partial charge in [0.05, 0.1) is 12.2 Å². The molecule has 0 amide bonds. The first-order chi connectivity index (χ1) is 3.34. The molecule has 2 unspecified atom stereocenters. The van der Waals surface area contributed by atoms with Crippen LogP contribution in [0.5, 0.6) is 0 Å². The van der Waals surface area contributed by atoms with E-state index in [1.54, 1.807) is 0 Å². The van der Waals surface area contributed by atoms with E-state index in [0.717, 1.165) is 0 Å². The second-order valence-electron chi connectivity index (χ2n) is 1.83. The van der Waals surface area contributed by atoms with Crippen LogP contribution in [0.4, 0.5) is 0 Å². The minimum absolute atomic E-state index is 0.549. The van der Waals surface area contributed by atoms with E-state index in [2.05, 4.69) is 13.2 Å². The number of thioether (sulfide) groups is 1. The second-order valence-corrected chi connectivity index (χ2v) is 2.75. The largest absolute Gasteiger partial charge is 0.369 e. The summed E-state index contributed by atoms with van der Waals surface area (Å²) in [5, 5.41) is 0. The van der Waals surface area contributed by atoms with Crippen LogP contribution in [0.2, 0.25) is 0 Å². The molecular formula is C5H10OS. The molecule has 0 spiro atoms. The number of epoxide rings is 1. The van der Waals surface area contributed by atoms with Gasteiger partial charge in [0, 0.05) is 5.75 Å². The van der Waals surface area contributed by atoms with E-state index in [1.807, 2.05) is 11.8 Å². The van der Waals surface area contributed by atoms with Crippen molar-refractivity contribution in [1.82, 2.24) is 0 Å². The van der Waals surface area contributed by atoms with Crippen LogP contribution in [0.15, 0.2) is 0 Å². The first kappa shape index (κ1) is 5.45. The van der Waals surface area contributed by atoms with Crippen LogP contribution < -0.4 is 0 Å². The molecule has 1 rings (SSSR count). The highest BCUT2D eigenvalue weighted by molar-refractivity contribution is 7.98. The Morgan fingerprint density at radius 2 is 2.29 bits per heavy atom. The average molecular weight is 118 g/mol. The summed E-state index contributed by atoms with van der Waals surface area (Å²) >= 11 is 1.85. The quantitative estimate of drug-likeness (QED) is 0.504. The lowest BCUT2D eigenvalue weighted by Crippen LogP contribution is -1.90. The molecule has 1 nitrogen and oxygen atoms in total. The molecular weight excluding hydrogens is 108 g/mol. The van der Waals surface area contributed by atoms with Crippen molar-refractivity contribution < 1.29 is 4.74 Å². The molecule has 0 aromatic heterocycles. The van der Waals surface area contributed by atoms with Crippen LogP contribution in [-0.2, 0) is 4.74 Å². The van der Waals surface area contributed by atoms with Crippen LogP contribution in [0.25, 0.3) is 0 Å². The molecule has 42 valence electrons. The van der Waals surface area contributed by atoms with Gasteiger partial charge in [-0.3, -0.25) is 0 Å². The fourth-order valence-corrected chi connectivity index (χ4v) is 1.25. The summed E-state index contributed by atoms with van der Waals surface area (Å²) < 4.78 is 5.14. The molecule has 0 radical (unpaired) electrons. The number of hydrogen-bond acceptors (Lipinski definition) is 2. The van der Waals surface area contributed by atoms with Gasteiger partial charge in [0.2, 0.25) is 0 Å². The Bertz CT molecular complexity index is 65.1. The zero-order chi connectivity index (χ0) is 5.28. The highest BCUT2D eigenvalue weighted by atomic mass is 32.2. The van der Waals surface area contributed by atoms with Crippen LogP contribution in [0, 0.1) is 0 Å². The van der Waals surface area contributed by atoms with Gasteiger partial charge in [-0.05, 0) is 13.2 Å². The van der Waals surface area contributed by atoms with Gasteiger partial charge in [-0.25, -0.2) is 0 Å². The van der Waals surface area contributed by atoms with E-state index in [-0.39, 0.29) is 0 Å². The Balaban J connectivity index is 1.98. The molecule has 1 fully saturated rings. The lowest BCUT2D eigenvalue weighted by atomic mass is 10.4. The van der Waals surface area contributed by atoms with Gasteiger partial charge in [-0.2, -0.15) is 11.8 Å². The van der Waals surface area contributed by atoms with E-state index >= 15 is 0 Å². The first-order valence-corrected chi connectivity index (χ1v) is 3.88. The van der Waals surface area contributed by atoms with E-state index in [9.17, 15) is 0 Å². The van der Waals surface area contributed by atoms with Crippen molar-refractivity contribution in [2.45, 2.75) is 19.1 Å². The molecule has 2 heteroatoms. The Labute approximate surface area is 48.4 Å². The topological polar surface area (TPSA) is 12.5 Å². The Morgan fingerprint density at radius 1 is 1.71 bits per heavy atom. The third-order valence-corrected chi connectivity index (χ3v) is 1.83. The fourth-order valence-electron chi connectivity index (χ4n) is 0.569. The van der Waals surface area contributed by atoms with Crippen molar-refractivity contribution in [1.29, 1.82) is 0 Å². The molecule has 1 aliphatic heterocycles. The van der Waals surface area contributed by atoms with Crippen molar-refractivity contribution >= 4 is 11.8 Å². The smallest absolute Gasteiger partial charge is 0.0929 e. The first-order valence-electron chi connectivity index (χ1n) is 2.49. The third-order valence-electron chi connectivity index (χ3n) is 1.17. The maximum Gasteiger partial charge on any atom is 0.0929 e. The van der Waals surface area contributed by atoms with Gasteiger partial charge in [-0.1, -0.05) is 0 Å². The van der Waals surface area contributed by atoms with Crippen molar-refractivity contribution in [2.75, 3.05) is 12.0 Å². The number of rotatable bonds is 2.